The molecule has 6 heteroatoms. The molecule has 1 atom stereocenters. The zero-order valence-corrected chi connectivity index (χ0v) is 14.6. The van der Waals surface area contributed by atoms with Crippen LogP contribution in [0.2, 0.25) is 0 Å². The third-order valence-electron chi connectivity index (χ3n) is 5.58. The molecule has 2 aliphatic heterocycles. The molecule has 0 spiro atoms. The van der Waals surface area contributed by atoms with Crippen molar-refractivity contribution in [2.24, 2.45) is 5.92 Å². The van der Waals surface area contributed by atoms with Crippen LogP contribution in [-0.2, 0) is 9.47 Å². The molecular formula is C19H26N4O2. The average molecular weight is 342 g/mol. The predicted octanol–water partition coefficient (Wildman–Crippen LogP) is 1.95. The highest BCUT2D eigenvalue weighted by Gasteiger charge is 2.30. The highest BCUT2D eigenvalue weighted by Crippen LogP contribution is 2.32. The summed E-state index contributed by atoms with van der Waals surface area (Å²) in [5, 5.41) is 0. The largest absolute Gasteiger partial charge is 0.378 e. The summed E-state index contributed by atoms with van der Waals surface area (Å²) in [5.74, 6) is 2.12. The number of anilines is 1. The quantitative estimate of drug-likeness (QED) is 0.850. The lowest BCUT2D eigenvalue weighted by molar-refractivity contribution is -0.0325. The molecule has 2 aromatic rings. The van der Waals surface area contributed by atoms with Gasteiger partial charge in [0, 0.05) is 32.7 Å². The van der Waals surface area contributed by atoms with E-state index in [2.05, 4.69) is 32.4 Å². The van der Waals surface area contributed by atoms with E-state index in [0.29, 0.717) is 0 Å². The topological polar surface area (TPSA) is 42.2 Å². The number of morpholine rings is 2. The molecule has 6 nitrogen and oxygen atoms in total. The van der Waals surface area contributed by atoms with Gasteiger partial charge in [-0.25, -0.2) is 4.98 Å². The molecule has 0 radical (unpaired) electrons. The number of rotatable bonds is 4. The Morgan fingerprint density at radius 1 is 1.08 bits per heavy atom. The van der Waals surface area contributed by atoms with Gasteiger partial charge in [-0.3, -0.25) is 9.30 Å². The zero-order chi connectivity index (χ0) is 16.6. The molecule has 1 unspecified atom stereocenters. The first-order chi connectivity index (χ1) is 12.4. The molecule has 2 aromatic heterocycles. The highest BCUT2D eigenvalue weighted by atomic mass is 16.5. The van der Waals surface area contributed by atoms with Crippen LogP contribution >= 0.6 is 0 Å². The fourth-order valence-corrected chi connectivity index (χ4v) is 4.02. The Bertz CT molecular complexity index is 736. The lowest BCUT2D eigenvalue weighted by atomic mass is 10.1. The first kappa shape index (κ1) is 15.6. The second-order valence-electron chi connectivity index (χ2n) is 7.43. The minimum absolute atomic E-state index is 0.0810. The fraction of sp³-hybridized carbons (Fsp3) is 0.632. The van der Waals surface area contributed by atoms with E-state index in [-0.39, 0.29) is 6.10 Å². The van der Waals surface area contributed by atoms with Crippen molar-refractivity contribution in [2.45, 2.75) is 18.9 Å². The lowest BCUT2D eigenvalue weighted by Gasteiger charge is -2.32. The summed E-state index contributed by atoms with van der Waals surface area (Å²) < 4.78 is 13.8. The molecule has 0 aromatic carbocycles. The molecular weight excluding hydrogens is 316 g/mol. The van der Waals surface area contributed by atoms with Gasteiger partial charge in [0.25, 0.3) is 0 Å². The summed E-state index contributed by atoms with van der Waals surface area (Å²) in [6, 6.07) is 6.47. The standard InChI is InChI=1S/C19H26N4O2/c1-2-16-19(17-13-21(6-11-25-17)12-15-4-5-15)20-14-23(16)18(3-1)22-7-9-24-10-8-22/h1-3,14-15,17H,4-13H2. The van der Waals surface area contributed by atoms with Crippen molar-refractivity contribution in [2.75, 3.05) is 57.4 Å². The number of pyridine rings is 1. The van der Waals surface area contributed by atoms with E-state index in [1.54, 1.807) is 0 Å². The highest BCUT2D eigenvalue weighted by molar-refractivity contribution is 5.60. The van der Waals surface area contributed by atoms with Crippen LogP contribution in [0.25, 0.3) is 5.52 Å². The van der Waals surface area contributed by atoms with Crippen LogP contribution in [-0.4, -0.2) is 66.8 Å². The predicted molar refractivity (Wildman–Crippen MR) is 96.1 cm³/mol. The second-order valence-corrected chi connectivity index (χ2v) is 7.43. The molecule has 3 aliphatic rings. The van der Waals surface area contributed by atoms with Crippen LogP contribution in [0, 0.1) is 5.92 Å². The van der Waals surface area contributed by atoms with E-state index < -0.39 is 0 Å². The molecule has 0 bridgehead atoms. The maximum absolute atomic E-state index is 6.10. The van der Waals surface area contributed by atoms with Crippen molar-refractivity contribution in [3.63, 3.8) is 0 Å². The minimum atomic E-state index is 0.0810. The zero-order valence-electron chi connectivity index (χ0n) is 14.6. The molecule has 3 fully saturated rings. The number of nitrogens with zero attached hydrogens (tertiary/aromatic N) is 4. The summed E-state index contributed by atoms with van der Waals surface area (Å²) in [7, 11) is 0. The van der Waals surface area contributed by atoms with Crippen molar-refractivity contribution in [1.29, 1.82) is 0 Å². The van der Waals surface area contributed by atoms with Crippen LogP contribution < -0.4 is 4.90 Å². The molecule has 25 heavy (non-hydrogen) atoms. The fourth-order valence-electron chi connectivity index (χ4n) is 4.02. The van der Waals surface area contributed by atoms with Crippen LogP contribution in [0.3, 0.4) is 0 Å². The summed E-state index contributed by atoms with van der Waals surface area (Å²) >= 11 is 0. The molecule has 4 heterocycles. The van der Waals surface area contributed by atoms with Crippen LogP contribution in [0.15, 0.2) is 24.5 Å². The van der Waals surface area contributed by atoms with E-state index in [1.807, 2.05) is 6.33 Å². The molecule has 1 aliphatic carbocycles. The van der Waals surface area contributed by atoms with Crippen LogP contribution in [0.4, 0.5) is 5.82 Å². The van der Waals surface area contributed by atoms with E-state index >= 15 is 0 Å². The SMILES string of the molecule is c1cc(N2CCOCC2)n2cnc(C3CN(CC4CC4)CCO3)c2c1. The van der Waals surface area contributed by atoms with Crippen LogP contribution in [0.5, 0.6) is 0 Å². The Morgan fingerprint density at radius 2 is 1.96 bits per heavy atom. The Balaban J connectivity index is 1.41. The third kappa shape index (κ3) is 3.14. The number of ether oxygens (including phenoxy) is 2. The van der Waals surface area contributed by atoms with Gasteiger partial charge >= 0.3 is 0 Å². The summed E-state index contributed by atoms with van der Waals surface area (Å²) in [4.78, 5) is 9.69. The first-order valence-corrected chi connectivity index (χ1v) is 9.51. The first-order valence-electron chi connectivity index (χ1n) is 9.51. The molecule has 5 rings (SSSR count). The summed E-state index contributed by atoms with van der Waals surface area (Å²) in [5.41, 5.74) is 2.25. The third-order valence-corrected chi connectivity index (χ3v) is 5.58. The van der Waals surface area contributed by atoms with E-state index in [1.165, 1.54) is 30.7 Å². The molecule has 2 saturated heterocycles. The maximum Gasteiger partial charge on any atom is 0.114 e. The summed E-state index contributed by atoms with van der Waals surface area (Å²) in [6.45, 7) is 7.50. The van der Waals surface area contributed by atoms with Gasteiger partial charge in [0.2, 0.25) is 0 Å². The van der Waals surface area contributed by atoms with Crippen molar-refractivity contribution in [3.8, 4) is 0 Å². The normalized spacial score (nSPS) is 25.6. The number of fused-ring (bicyclic) bond motifs is 1. The Kier molecular flexibility index (Phi) is 4.12. The van der Waals surface area contributed by atoms with Crippen molar-refractivity contribution >= 4 is 11.3 Å². The molecule has 134 valence electrons. The van der Waals surface area contributed by atoms with Gasteiger partial charge in [-0.15, -0.1) is 0 Å². The molecule has 0 N–H and O–H groups in total. The van der Waals surface area contributed by atoms with E-state index in [9.17, 15) is 0 Å². The van der Waals surface area contributed by atoms with Gasteiger partial charge < -0.3 is 14.4 Å². The van der Waals surface area contributed by atoms with Crippen LogP contribution in [0.1, 0.15) is 24.6 Å². The number of aromatic nitrogens is 2. The van der Waals surface area contributed by atoms with Gasteiger partial charge in [0.05, 0.1) is 31.0 Å². The Hall–Kier alpha value is -1.63. The second kappa shape index (κ2) is 6.59. The van der Waals surface area contributed by atoms with Gasteiger partial charge in [0.15, 0.2) is 0 Å². The van der Waals surface area contributed by atoms with Crippen molar-refractivity contribution in [1.82, 2.24) is 14.3 Å². The molecule has 1 saturated carbocycles. The maximum atomic E-state index is 6.10. The smallest absolute Gasteiger partial charge is 0.114 e. The van der Waals surface area contributed by atoms with Gasteiger partial charge in [-0.1, -0.05) is 6.07 Å². The minimum Gasteiger partial charge on any atom is -0.378 e. The summed E-state index contributed by atoms with van der Waals surface area (Å²) in [6.07, 6.45) is 4.84. The van der Waals surface area contributed by atoms with Gasteiger partial charge in [0.1, 0.15) is 18.2 Å². The Morgan fingerprint density at radius 3 is 2.80 bits per heavy atom. The van der Waals surface area contributed by atoms with Crippen molar-refractivity contribution in [3.05, 3.63) is 30.2 Å². The lowest BCUT2D eigenvalue weighted by Crippen LogP contribution is -2.39. The van der Waals surface area contributed by atoms with Gasteiger partial charge in [-0.2, -0.15) is 0 Å². The Labute approximate surface area is 148 Å². The van der Waals surface area contributed by atoms with E-state index in [0.717, 1.165) is 57.6 Å². The average Bonchev–Trinajstić information content (AvgIpc) is 3.37. The molecule has 0 amide bonds. The number of imidazole rings is 1. The number of hydrogen-bond donors (Lipinski definition) is 0. The van der Waals surface area contributed by atoms with Crippen molar-refractivity contribution < 1.29 is 9.47 Å². The van der Waals surface area contributed by atoms with E-state index in [4.69, 9.17) is 14.5 Å². The van der Waals surface area contributed by atoms with Gasteiger partial charge in [-0.05, 0) is 30.9 Å². The number of hydrogen-bond acceptors (Lipinski definition) is 5. The monoisotopic (exact) mass is 342 g/mol.